The van der Waals surface area contributed by atoms with Gasteiger partial charge in [0.15, 0.2) is 0 Å². The number of aromatic nitrogens is 1. The fourth-order valence-corrected chi connectivity index (χ4v) is 3.22. The molecule has 1 N–H and O–H groups in total. The van der Waals surface area contributed by atoms with Crippen LogP contribution in [-0.4, -0.2) is 23.0 Å². The summed E-state index contributed by atoms with van der Waals surface area (Å²) in [5, 5.41) is 14.3. The summed E-state index contributed by atoms with van der Waals surface area (Å²) in [7, 11) is 0. The van der Waals surface area contributed by atoms with E-state index < -0.39 is 0 Å². The van der Waals surface area contributed by atoms with Gasteiger partial charge in [-0.2, -0.15) is 0 Å². The molecular weight excluding hydrogens is 372 g/mol. The Bertz CT molecular complexity index is 732. The predicted octanol–water partition coefficient (Wildman–Crippen LogP) is 4.35. The standard InChI is InChI=1S/C17H19BrN4O2/c18-14-4-5-15(16(11-14)22(23)24)20-12-13-6-7-19-17(10-13)21-8-2-1-3-9-21/h4-7,10-11,20H,1-3,8-9,12H2. The van der Waals surface area contributed by atoms with E-state index in [2.05, 4.69) is 37.2 Å². The van der Waals surface area contributed by atoms with Crippen molar-refractivity contribution in [3.8, 4) is 0 Å². The summed E-state index contributed by atoms with van der Waals surface area (Å²) >= 11 is 3.27. The lowest BCUT2D eigenvalue weighted by Gasteiger charge is -2.27. The van der Waals surface area contributed by atoms with Crippen molar-refractivity contribution in [3.05, 3.63) is 56.7 Å². The minimum absolute atomic E-state index is 0.0645. The fourth-order valence-electron chi connectivity index (χ4n) is 2.87. The molecule has 0 bridgehead atoms. The molecule has 0 spiro atoms. The molecule has 1 aromatic carbocycles. The van der Waals surface area contributed by atoms with Crippen LogP contribution in [0.4, 0.5) is 17.2 Å². The van der Waals surface area contributed by atoms with Crippen LogP contribution in [0.5, 0.6) is 0 Å². The second-order valence-electron chi connectivity index (χ2n) is 5.84. The van der Waals surface area contributed by atoms with E-state index in [-0.39, 0.29) is 10.6 Å². The molecule has 2 heterocycles. The van der Waals surface area contributed by atoms with Crippen LogP contribution in [-0.2, 0) is 6.54 Å². The molecule has 0 aliphatic carbocycles. The van der Waals surface area contributed by atoms with E-state index in [9.17, 15) is 10.1 Å². The van der Waals surface area contributed by atoms with E-state index in [4.69, 9.17) is 0 Å². The van der Waals surface area contributed by atoms with Crippen molar-refractivity contribution in [2.75, 3.05) is 23.3 Å². The Balaban J connectivity index is 1.72. The van der Waals surface area contributed by atoms with Crippen molar-refractivity contribution in [1.82, 2.24) is 4.98 Å². The summed E-state index contributed by atoms with van der Waals surface area (Å²) in [4.78, 5) is 17.6. The van der Waals surface area contributed by atoms with Gasteiger partial charge in [-0.3, -0.25) is 10.1 Å². The molecule has 0 saturated carbocycles. The Morgan fingerprint density at radius 2 is 2.00 bits per heavy atom. The largest absolute Gasteiger partial charge is 0.375 e. The van der Waals surface area contributed by atoms with Gasteiger partial charge in [-0.15, -0.1) is 0 Å². The SMILES string of the molecule is O=[N+]([O-])c1cc(Br)ccc1NCc1ccnc(N2CCCCC2)c1. The summed E-state index contributed by atoms with van der Waals surface area (Å²) < 4.78 is 0.691. The first-order chi connectivity index (χ1) is 11.6. The number of nitrogens with zero attached hydrogens (tertiary/aromatic N) is 3. The molecule has 1 fully saturated rings. The molecule has 24 heavy (non-hydrogen) atoms. The number of benzene rings is 1. The number of rotatable bonds is 5. The summed E-state index contributed by atoms with van der Waals surface area (Å²) in [5.41, 5.74) is 1.64. The topological polar surface area (TPSA) is 71.3 Å². The fraction of sp³-hybridized carbons (Fsp3) is 0.353. The molecule has 0 atom stereocenters. The van der Waals surface area contributed by atoms with Crippen molar-refractivity contribution in [3.63, 3.8) is 0 Å². The molecular formula is C17H19BrN4O2. The van der Waals surface area contributed by atoms with Gasteiger partial charge in [-0.1, -0.05) is 15.9 Å². The number of nitro benzene ring substituents is 1. The van der Waals surface area contributed by atoms with Crippen LogP contribution in [0.25, 0.3) is 0 Å². The molecule has 1 aromatic heterocycles. The van der Waals surface area contributed by atoms with Crippen LogP contribution >= 0.6 is 15.9 Å². The first kappa shape index (κ1) is 16.7. The van der Waals surface area contributed by atoms with Crippen molar-refractivity contribution < 1.29 is 4.92 Å². The zero-order valence-electron chi connectivity index (χ0n) is 13.2. The monoisotopic (exact) mass is 390 g/mol. The van der Waals surface area contributed by atoms with Crippen LogP contribution in [0.1, 0.15) is 24.8 Å². The molecule has 0 radical (unpaired) electrons. The van der Waals surface area contributed by atoms with Crippen LogP contribution in [0.3, 0.4) is 0 Å². The van der Waals surface area contributed by atoms with E-state index in [1.54, 1.807) is 18.3 Å². The number of pyridine rings is 1. The molecule has 126 valence electrons. The van der Waals surface area contributed by atoms with Crippen LogP contribution in [0.2, 0.25) is 0 Å². The number of nitrogens with one attached hydrogen (secondary N) is 1. The Morgan fingerprint density at radius 3 is 2.75 bits per heavy atom. The van der Waals surface area contributed by atoms with Crippen LogP contribution in [0.15, 0.2) is 41.0 Å². The summed E-state index contributed by atoms with van der Waals surface area (Å²) in [5.74, 6) is 0.985. The molecule has 6 nitrogen and oxygen atoms in total. The number of halogens is 1. The van der Waals surface area contributed by atoms with Gasteiger partial charge in [0.2, 0.25) is 0 Å². The van der Waals surface area contributed by atoms with E-state index in [0.29, 0.717) is 16.7 Å². The summed E-state index contributed by atoms with van der Waals surface area (Å²) in [6.45, 7) is 2.61. The second-order valence-corrected chi connectivity index (χ2v) is 6.76. The highest BCUT2D eigenvalue weighted by atomic mass is 79.9. The zero-order chi connectivity index (χ0) is 16.9. The van der Waals surface area contributed by atoms with E-state index >= 15 is 0 Å². The number of anilines is 2. The molecule has 7 heteroatoms. The molecule has 1 saturated heterocycles. The Hall–Kier alpha value is -2.15. The van der Waals surface area contributed by atoms with Crippen molar-refractivity contribution >= 4 is 33.1 Å². The normalized spacial score (nSPS) is 14.5. The van der Waals surface area contributed by atoms with E-state index in [1.165, 1.54) is 25.3 Å². The van der Waals surface area contributed by atoms with Gasteiger partial charge in [-0.05, 0) is 49.1 Å². The van der Waals surface area contributed by atoms with Crippen molar-refractivity contribution in [1.29, 1.82) is 0 Å². The quantitative estimate of drug-likeness (QED) is 0.606. The average Bonchev–Trinajstić information content (AvgIpc) is 2.61. The van der Waals surface area contributed by atoms with Crippen molar-refractivity contribution in [2.45, 2.75) is 25.8 Å². The summed E-state index contributed by atoms with van der Waals surface area (Å²) in [6, 6.07) is 9.01. The molecule has 0 amide bonds. The first-order valence-corrected chi connectivity index (χ1v) is 8.80. The highest BCUT2D eigenvalue weighted by molar-refractivity contribution is 9.10. The highest BCUT2D eigenvalue weighted by Gasteiger charge is 2.15. The smallest absolute Gasteiger partial charge is 0.293 e. The maximum Gasteiger partial charge on any atom is 0.293 e. The minimum Gasteiger partial charge on any atom is -0.375 e. The lowest BCUT2D eigenvalue weighted by atomic mass is 10.1. The third-order valence-electron chi connectivity index (χ3n) is 4.13. The van der Waals surface area contributed by atoms with Gasteiger partial charge in [0.25, 0.3) is 5.69 Å². The Labute approximate surface area is 149 Å². The Kier molecular flexibility index (Phi) is 5.30. The molecule has 1 aliphatic heterocycles. The van der Waals surface area contributed by atoms with Gasteiger partial charge in [0.1, 0.15) is 11.5 Å². The van der Waals surface area contributed by atoms with E-state index in [0.717, 1.165) is 24.5 Å². The highest BCUT2D eigenvalue weighted by Crippen LogP contribution is 2.28. The number of hydrogen-bond acceptors (Lipinski definition) is 5. The lowest BCUT2D eigenvalue weighted by molar-refractivity contribution is -0.384. The summed E-state index contributed by atoms with van der Waals surface area (Å²) in [6.07, 6.45) is 5.49. The zero-order valence-corrected chi connectivity index (χ0v) is 14.8. The molecule has 1 aliphatic rings. The van der Waals surface area contributed by atoms with Crippen molar-refractivity contribution in [2.24, 2.45) is 0 Å². The third-order valence-corrected chi connectivity index (χ3v) is 4.62. The van der Waals surface area contributed by atoms with Gasteiger partial charge in [0.05, 0.1) is 4.92 Å². The Morgan fingerprint density at radius 1 is 1.21 bits per heavy atom. The third kappa shape index (κ3) is 4.03. The van der Waals surface area contributed by atoms with Crippen LogP contribution in [0, 0.1) is 10.1 Å². The maximum atomic E-state index is 11.2. The minimum atomic E-state index is -0.376. The van der Waals surface area contributed by atoms with Gasteiger partial charge < -0.3 is 10.2 Å². The number of nitro groups is 1. The van der Waals surface area contributed by atoms with Gasteiger partial charge in [-0.25, -0.2) is 4.98 Å². The van der Waals surface area contributed by atoms with Gasteiger partial charge >= 0.3 is 0 Å². The predicted molar refractivity (Wildman–Crippen MR) is 98.4 cm³/mol. The van der Waals surface area contributed by atoms with Gasteiger partial charge in [0, 0.05) is 36.4 Å². The first-order valence-electron chi connectivity index (χ1n) is 8.01. The second kappa shape index (κ2) is 7.61. The lowest BCUT2D eigenvalue weighted by Crippen LogP contribution is -2.30. The molecule has 3 rings (SSSR count). The maximum absolute atomic E-state index is 11.2. The van der Waals surface area contributed by atoms with Crippen LogP contribution < -0.4 is 10.2 Å². The molecule has 2 aromatic rings. The number of piperidine rings is 1. The molecule has 0 unspecified atom stereocenters. The van der Waals surface area contributed by atoms with E-state index in [1.807, 2.05) is 6.07 Å². The number of hydrogen-bond donors (Lipinski definition) is 1. The average molecular weight is 391 g/mol.